The van der Waals surface area contributed by atoms with E-state index in [1.165, 1.54) is 22.2 Å². The number of hydrogen-bond donors (Lipinski definition) is 0. The normalized spacial score (nSPS) is 11.0. The molecule has 0 saturated carbocycles. The number of fused-ring (bicyclic) bond motifs is 1. The van der Waals surface area contributed by atoms with Crippen LogP contribution in [0.5, 0.6) is 0 Å². The van der Waals surface area contributed by atoms with Crippen LogP contribution in [0.2, 0.25) is 0 Å². The first-order chi connectivity index (χ1) is 12.5. The van der Waals surface area contributed by atoms with Gasteiger partial charge in [0, 0.05) is 20.7 Å². The largest absolute Gasteiger partial charge is 0.383 e. The van der Waals surface area contributed by atoms with E-state index in [-0.39, 0.29) is 11.5 Å². The summed E-state index contributed by atoms with van der Waals surface area (Å²) in [6.45, 7) is 3.19. The molecule has 1 aromatic carbocycles. The van der Waals surface area contributed by atoms with Gasteiger partial charge in [0.2, 0.25) is 0 Å². The molecular formula is C19H21N3O3S. The third-order valence-corrected chi connectivity index (χ3v) is 5.44. The molecule has 3 rings (SSSR count). The number of nitrogens with zero attached hydrogens (tertiary/aromatic N) is 3. The lowest BCUT2D eigenvalue weighted by Crippen LogP contribution is -2.26. The predicted octanol–water partition coefficient (Wildman–Crippen LogP) is 2.69. The molecule has 26 heavy (non-hydrogen) atoms. The first kappa shape index (κ1) is 18.3. The fraction of sp³-hybridized carbons (Fsp3) is 0.316. The van der Waals surface area contributed by atoms with E-state index in [0.717, 1.165) is 5.56 Å². The van der Waals surface area contributed by atoms with Gasteiger partial charge in [-0.1, -0.05) is 30.3 Å². The van der Waals surface area contributed by atoms with Gasteiger partial charge in [-0.2, -0.15) is 0 Å². The monoisotopic (exact) mass is 371 g/mol. The zero-order valence-electron chi connectivity index (χ0n) is 15.1. The lowest BCUT2D eigenvalue weighted by molar-refractivity contribution is 0.0789. The van der Waals surface area contributed by atoms with Gasteiger partial charge in [0.25, 0.3) is 11.5 Å². The van der Waals surface area contributed by atoms with E-state index >= 15 is 0 Å². The highest BCUT2D eigenvalue weighted by Crippen LogP contribution is 2.28. The van der Waals surface area contributed by atoms with Crippen LogP contribution >= 0.6 is 11.3 Å². The second kappa shape index (κ2) is 7.80. The molecule has 2 aromatic heterocycles. The van der Waals surface area contributed by atoms with E-state index in [0.29, 0.717) is 40.4 Å². The molecule has 0 atom stereocenters. The Morgan fingerprint density at radius 1 is 1.31 bits per heavy atom. The Hall–Kier alpha value is -2.51. The van der Waals surface area contributed by atoms with Crippen molar-refractivity contribution in [3.8, 4) is 0 Å². The van der Waals surface area contributed by atoms with Crippen LogP contribution in [0.4, 0.5) is 0 Å². The van der Waals surface area contributed by atoms with E-state index < -0.39 is 0 Å². The summed E-state index contributed by atoms with van der Waals surface area (Å²) in [7, 11) is 3.36. The van der Waals surface area contributed by atoms with E-state index in [2.05, 4.69) is 4.98 Å². The number of benzene rings is 1. The average molecular weight is 371 g/mol. The van der Waals surface area contributed by atoms with Gasteiger partial charge >= 0.3 is 0 Å². The lowest BCUT2D eigenvalue weighted by atomic mass is 10.2. The molecule has 2 heterocycles. The summed E-state index contributed by atoms with van der Waals surface area (Å²) in [5.41, 5.74) is 1.62. The summed E-state index contributed by atoms with van der Waals surface area (Å²) in [6.07, 6.45) is 1.52. The van der Waals surface area contributed by atoms with Crippen molar-refractivity contribution >= 4 is 27.5 Å². The van der Waals surface area contributed by atoms with Crippen LogP contribution in [-0.2, 0) is 17.8 Å². The van der Waals surface area contributed by atoms with Crippen molar-refractivity contribution < 1.29 is 9.53 Å². The molecule has 0 fully saturated rings. The number of amides is 1. The third kappa shape index (κ3) is 3.54. The quantitative estimate of drug-likeness (QED) is 0.668. The molecule has 7 heteroatoms. The molecule has 0 unspecified atom stereocenters. The Labute approximate surface area is 155 Å². The van der Waals surface area contributed by atoms with Crippen LogP contribution in [-0.4, -0.2) is 41.1 Å². The topological polar surface area (TPSA) is 64.4 Å². The molecule has 1 amide bonds. The summed E-state index contributed by atoms with van der Waals surface area (Å²) < 4.78 is 6.55. The summed E-state index contributed by atoms with van der Waals surface area (Å²) >= 11 is 1.27. The fourth-order valence-electron chi connectivity index (χ4n) is 2.81. The van der Waals surface area contributed by atoms with Gasteiger partial charge in [0.15, 0.2) is 0 Å². The number of thiophene rings is 1. The molecule has 3 aromatic rings. The molecule has 0 aliphatic heterocycles. The number of aryl methyl sites for hydroxylation is 1. The zero-order valence-corrected chi connectivity index (χ0v) is 15.9. The number of carbonyl (C=O) groups is 1. The number of methoxy groups -OCH3 is 1. The van der Waals surface area contributed by atoms with Gasteiger partial charge in [-0.3, -0.25) is 14.2 Å². The van der Waals surface area contributed by atoms with Gasteiger partial charge in [-0.25, -0.2) is 4.98 Å². The number of aromatic nitrogens is 2. The molecule has 0 bridgehead atoms. The Morgan fingerprint density at radius 2 is 2.04 bits per heavy atom. The Morgan fingerprint density at radius 3 is 2.73 bits per heavy atom. The fourth-order valence-corrected chi connectivity index (χ4v) is 3.95. The average Bonchev–Trinajstić information content (AvgIpc) is 2.98. The van der Waals surface area contributed by atoms with E-state index in [4.69, 9.17) is 4.74 Å². The first-order valence-corrected chi connectivity index (χ1v) is 9.11. The van der Waals surface area contributed by atoms with Gasteiger partial charge in [-0.15, -0.1) is 11.3 Å². The predicted molar refractivity (Wildman–Crippen MR) is 103 cm³/mol. The SMILES string of the molecule is COCCn1cnc2sc(C(=O)N(C)Cc3ccccc3)c(C)c2c1=O. The number of hydrogen-bond acceptors (Lipinski definition) is 5. The molecule has 0 spiro atoms. The second-order valence-corrected chi connectivity index (χ2v) is 7.12. The van der Waals surface area contributed by atoms with Crippen molar-refractivity contribution in [3.05, 3.63) is 63.0 Å². The molecule has 0 saturated heterocycles. The molecular weight excluding hydrogens is 350 g/mol. The molecule has 136 valence electrons. The smallest absolute Gasteiger partial charge is 0.264 e. The minimum absolute atomic E-state index is 0.0998. The number of carbonyl (C=O) groups excluding carboxylic acids is 1. The Bertz CT molecular complexity index is 979. The third-order valence-electron chi connectivity index (χ3n) is 4.26. The van der Waals surface area contributed by atoms with Crippen molar-refractivity contribution in [2.75, 3.05) is 20.8 Å². The molecule has 0 radical (unpaired) electrons. The van der Waals surface area contributed by atoms with Crippen LogP contribution in [0.1, 0.15) is 20.8 Å². The minimum atomic E-state index is -0.134. The standard InChI is InChI=1S/C19H21N3O3S/c1-13-15-17(20-12-22(18(15)23)9-10-25-3)26-16(13)19(24)21(2)11-14-7-5-4-6-8-14/h4-8,12H,9-11H2,1-3H3. The van der Waals surface area contributed by atoms with Crippen LogP contribution in [0.15, 0.2) is 41.5 Å². The maximum Gasteiger partial charge on any atom is 0.264 e. The maximum absolute atomic E-state index is 12.9. The van der Waals surface area contributed by atoms with Gasteiger partial charge in [0.1, 0.15) is 4.83 Å². The first-order valence-electron chi connectivity index (χ1n) is 8.29. The van der Waals surface area contributed by atoms with Crippen molar-refractivity contribution in [2.24, 2.45) is 0 Å². The molecule has 0 N–H and O–H groups in total. The summed E-state index contributed by atoms with van der Waals surface area (Å²) in [5, 5.41) is 0.519. The van der Waals surface area contributed by atoms with E-state index in [9.17, 15) is 9.59 Å². The minimum Gasteiger partial charge on any atom is -0.383 e. The number of ether oxygens (including phenoxy) is 1. The van der Waals surface area contributed by atoms with Gasteiger partial charge in [-0.05, 0) is 18.1 Å². The van der Waals surface area contributed by atoms with E-state index in [1.807, 2.05) is 37.3 Å². The molecule has 0 aliphatic carbocycles. The van der Waals surface area contributed by atoms with Crippen LogP contribution in [0, 0.1) is 6.92 Å². The van der Waals surface area contributed by atoms with E-state index in [1.54, 1.807) is 19.1 Å². The Kier molecular flexibility index (Phi) is 5.49. The molecule has 6 nitrogen and oxygen atoms in total. The highest BCUT2D eigenvalue weighted by atomic mass is 32.1. The summed E-state index contributed by atoms with van der Waals surface area (Å²) in [5.74, 6) is -0.0998. The highest BCUT2D eigenvalue weighted by Gasteiger charge is 2.22. The highest BCUT2D eigenvalue weighted by molar-refractivity contribution is 7.20. The number of rotatable bonds is 6. The summed E-state index contributed by atoms with van der Waals surface area (Å²) in [6, 6.07) is 9.81. The second-order valence-electron chi connectivity index (χ2n) is 6.12. The van der Waals surface area contributed by atoms with Crippen molar-refractivity contribution in [2.45, 2.75) is 20.0 Å². The van der Waals surface area contributed by atoms with Gasteiger partial charge in [0.05, 0.1) is 29.7 Å². The van der Waals surface area contributed by atoms with Crippen LogP contribution < -0.4 is 5.56 Å². The van der Waals surface area contributed by atoms with Crippen LogP contribution in [0.25, 0.3) is 10.2 Å². The summed E-state index contributed by atoms with van der Waals surface area (Å²) in [4.78, 5) is 32.8. The lowest BCUT2D eigenvalue weighted by Gasteiger charge is -2.16. The van der Waals surface area contributed by atoms with Crippen molar-refractivity contribution in [1.29, 1.82) is 0 Å². The van der Waals surface area contributed by atoms with Crippen LogP contribution in [0.3, 0.4) is 0 Å². The zero-order chi connectivity index (χ0) is 18.7. The molecule has 0 aliphatic rings. The maximum atomic E-state index is 12.9. The Balaban J connectivity index is 1.92. The van der Waals surface area contributed by atoms with Crippen molar-refractivity contribution in [3.63, 3.8) is 0 Å². The van der Waals surface area contributed by atoms with Crippen molar-refractivity contribution in [1.82, 2.24) is 14.5 Å². The van der Waals surface area contributed by atoms with Gasteiger partial charge < -0.3 is 9.64 Å².